The van der Waals surface area contributed by atoms with Crippen molar-refractivity contribution in [3.8, 4) is 5.75 Å². The predicted molar refractivity (Wildman–Crippen MR) is 60.6 cm³/mol. The normalized spacial score (nSPS) is 11.5. The number of halogens is 1. The van der Waals surface area contributed by atoms with Crippen LogP contribution in [0, 0.1) is 5.41 Å². The molecule has 0 saturated carbocycles. The first kappa shape index (κ1) is 13.3. The second kappa shape index (κ2) is 6.06. The van der Waals surface area contributed by atoms with Gasteiger partial charge in [0.1, 0.15) is 12.4 Å². The van der Waals surface area contributed by atoms with Gasteiger partial charge in [-0.05, 0) is 24.3 Å². The fraction of sp³-hybridized carbons (Fsp3) is 0.455. The second-order valence-electron chi connectivity index (χ2n) is 3.72. The van der Waals surface area contributed by atoms with Gasteiger partial charge in [-0.2, -0.15) is 0 Å². The molecule has 0 atom stereocenters. The van der Waals surface area contributed by atoms with E-state index in [9.17, 15) is 0 Å². The first-order valence-corrected chi connectivity index (χ1v) is 5.24. The number of aliphatic hydroxyl groups excluding tert-OH is 3. The standard InChI is InChI=1S/C11H15ClO4/c12-9-1-3-10(4-2-9)16-8-11(5-13,6-14)7-15/h1-4,13-15H,5-8H2. The van der Waals surface area contributed by atoms with Gasteiger partial charge in [-0.1, -0.05) is 11.6 Å². The first-order chi connectivity index (χ1) is 7.65. The third kappa shape index (κ3) is 3.35. The van der Waals surface area contributed by atoms with Crippen LogP contribution in [0.15, 0.2) is 24.3 Å². The topological polar surface area (TPSA) is 69.9 Å². The maximum absolute atomic E-state index is 9.08. The van der Waals surface area contributed by atoms with E-state index < -0.39 is 5.41 Å². The van der Waals surface area contributed by atoms with E-state index in [-0.39, 0.29) is 26.4 Å². The van der Waals surface area contributed by atoms with Crippen LogP contribution >= 0.6 is 11.6 Å². The Bertz CT molecular complexity index is 300. The van der Waals surface area contributed by atoms with Crippen molar-refractivity contribution in [2.24, 2.45) is 5.41 Å². The first-order valence-electron chi connectivity index (χ1n) is 4.87. The molecule has 0 aliphatic carbocycles. The Morgan fingerprint density at radius 2 is 1.50 bits per heavy atom. The lowest BCUT2D eigenvalue weighted by Crippen LogP contribution is -2.39. The van der Waals surface area contributed by atoms with Crippen LogP contribution in [0.1, 0.15) is 0 Å². The molecule has 0 heterocycles. The van der Waals surface area contributed by atoms with Crippen LogP contribution in [0.3, 0.4) is 0 Å². The molecule has 0 fully saturated rings. The SMILES string of the molecule is OCC(CO)(CO)COc1ccc(Cl)cc1. The van der Waals surface area contributed by atoms with Crippen LogP contribution in [0.5, 0.6) is 5.75 Å². The van der Waals surface area contributed by atoms with E-state index in [4.69, 9.17) is 31.7 Å². The number of rotatable bonds is 6. The monoisotopic (exact) mass is 246 g/mol. The van der Waals surface area contributed by atoms with Crippen molar-refractivity contribution in [2.45, 2.75) is 0 Å². The lowest BCUT2D eigenvalue weighted by molar-refractivity contribution is -0.0258. The Morgan fingerprint density at radius 1 is 1.00 bits per heavy atom. The molecule has 0 unspecified atom stereocenters. The third-order valence-corrected chi connectivity index (χ3v) is 2.62. The van der Waals surface area contributed by atoms with E-state index >= 15 is 0 Å². The fourth-order valence-corrected chi connectivity index (χ4v) is 1.18. The smallest absolute Gasteiger partial charge is 0.119 e. The zero-order valence-electron chi connectivity index (χ0n) is 8.77. The van der Waals surface area contributed by atoms with Gasteiger partial charge < -0.3 is 20.1 Å². The maximum atomic E-state index is 9.08. The molecule has 1 aromatic rings. The summed E-state index contributed by atoms with van der Waals surface area (Å²) in [5.74, 6) is 0.573. The van der Waals surface area contributed by atoms with Crippen LogP contribution in [0.25, 0.3) is 0 Å². The molecule has 16 heavy (non-hydrogen) atoms. The lowest BCUT2D eigenvalue weighted by atomic mass is 9.93. The summed E-state index contributed by atoms with van der Waals surface area (Å²) in [6.07, 6.45) is 0. The Balaban J connectivity index is 2.58. The highest BCUT2D eigenvalue weighted by Gasteiger charge is 2.29. The van der Waals surface area contributed by atoms with E-state index in [0.29, 0.717) is 10.8 Å². The van der Waals surface area contributed by atoms with Crippen LogP contribution in [0.2, 0.25) is 5.02 Å². The number of benzene rings is 1. The molecule has 0 spiro atoms. The molecule has 1 rings (SSSR count). The molecule has 0 aromatic heterocycles. The van der Waals surface area contributed by atoms with Gasteiger partial charge in [0.25, 0.3) is 0 Å². The molecule has 1 aromatic carbocycles. The molecule has 90 valence electrons. The second-order valence-corrected chi connectivity index (χ2v) is 4.15. The molecule has 0 saturated heterocycles. The summed E-state index contributed by atoms with van der Waals surface area (Å²) >= 11 is 5.71. The largest absolute Gasteiger partial charge is 0.493 e. The van der Waals surface area contributed by atoms with Crippen LogP contribution in [-0.4, -0.2) is 41.7 Å². The van der Waals surface area contributed by atoms with Gasteiger partial charge in [-0.25, -0.2) is 0 Å². The Labute approximate surface area is 99.1 Å². The Hall–Kier alpha value is -0.810. The molecular formula is C11H15ClO4. The van der Waals surface area contributed by atoms with E-state index in [1.807, 2.05) is 0 Å². The summed E-state index contributed by atoms with van der Waals surface area (Å²) < 4.78 is 5.36. The van der Waals surface area contributed by atoms with Crippen molar-refractivity contribution in [3.05, 3.63) is 29.3 Å². The molecular weight excluding hydrogens is 232 g/mol. The molecule has 5 heteroatoms. The summed E-state index contributed by atoms with van der Waals surface area (Å²) in [5.41, 5.74) is -1.01. The highest BCUT2D eigenvalue weighted by atomic mass is 35.5. The average molecular weight is 247 g/mol. The average Bonchev–Trinajstić information content (AvgIpc) is 2.34. The minimum absolute atomic E-state index is 0.0398. The van der Waals surface area contributed by atoms with E-state index in [1.54, 1.807) is 24.3 Å². The van der Waals surface area contributed by atoms with Gasteiger partial charge in [0.05, 0.1) is 25.2 Å². The summed E-state index contributed by atoms with van der Waals surface area (Å²) in [7, 11) is 0. The van der Waals surface area contributed by atoms with Crippen molar-refractivity contribution in [2.75, 3.05) is 26.4 Å². The van der Waals surface area contributed by atoms with E-state index in [2.05, 4.69) is 0 Å². The zero-order valence-corrected chi connectivity index (χ0v) is 9.52. The predicted octanol–water partition coefficient (Wildman–Crippen LogP) is 0.682. The highest BCUT2D eigenvalue weighted by Crippen LogP contribution is 2.20. The summed E-state index contributed by atoms with van der Waals surface area (Å²) in [5, 5.41) is 27.8. The van der Waals surface area contributed by atoms with Crippen molar-refractivity contribution in [1.82, 2.24) is 0 Å². The Kier molecular flexibility index (Phi) is 5.02. The lowest BCUT2D eigenvalue weighted by Gasteiger charge is -2.27. The number of hydrogen-bond donors (Lipinski definition) is 3. The van der Waals surface area contributed by atoms with Crippen molar-refractivity contribution in [1.29, 1.82) is 0 Å². The van der Waals surface area contributed by atoms with Crippen molar-refractivity contribution >= 4 is 11.6 Å². The van der Waals surface area contributed by atoms with E-state index in [0.717, 1.165) is 0 Å². The molecule has 0 aliphatic heterocycles. The zero-order chi connectivity index (χ0) is 12.0. The molecule has 0 amide bonds. The molecule has 3 N–H and O–H groups in total. The third-order valence-electron chi connectivity index (χ3n) is 2.36. The van der Waals surface area contributed by atoms with Crippen LogP contribution < -0.4 is 4.74 Å². The van der Waals surface area contributed by atoms with Crippen molar-refractivity contribution < 1.29 is 20.1 Å². The maximum Gasteiger partial charge on any atom is 0.119 e. The van der Waals surface area contributed by atoms with Crippen molar-refractivity contribution in [3.63, 3.8) is 0 Å². The van der Waals surface area contributed by atoms with Gasteiger partial charge in [-0.15, -0.1) is 0 Å². The molecule has 0 aliphatic rings. The minimum Gasteiger partial charge on any atom is -0.493 e. The fourth-order valence-electron chi connectivity index (χ4n) is 1.05. The number of hydrogen-bond acceptors (Lipinski definition) is 4. The number of aliphatic hydroxyl groups is 3. The highest BCUT2D eigenvalue weighted by molar-refractivity contribution is 6.30. The van der Waals surface area contributed by atoms with Gasteiger partial charge in [-0.3, -0.25) is 0 Å². The van der Waals surface area contributed by atoms with Crippen LogP contribution in [-0.2, 0) is 0 Å². The summed E-state index contributed by atoms with van der Waals surface area (Å²) in [6, 6.07) is 6.71. The van der Waals surface area contributed by atoms with Gasteiger partial charge in [0, 0.05) is 5.02 Å². The van der Waals surface area contributed by atoms with Gasteiger partial charge in [0.15, 0.2) is 0 Å². The summed E-state index contributed by atoms with van der Waals surface area (Å²) in [4.78, 5) is 0. The Morgan fingerprint density at radius 3 is 1.94 bits per heavy atom. The molecule has 0 bridgehead atoms. The minimum atomic E-state index is -1.01. The molecule has 0 radical (unpaired) electrons. The number of ether oxygens (including phenoxy) is 1. The summed E-state index contributed by atoms with van der Waals surface area (Å²) in [6.45, 7) is -0.979. The van der Waals surface area contributed by atoms with Gasteiger partial charge in [0.2, 0.25) is 0 Å². The van der Waals surface area contributed by atoms with Crippen LogP contribution in [0.4, 0.5) is 0 Å². The quantitative estimate of drug-likeness (QED) is 0.691. The molecule has 4 nitrogen and oxygen atoms in total. The van der Waals surface area contributed by atoms with Gasteiger partial charge >= 0.3 is 0 Å². The van der Waals surface area contributed by atoms with E-state index in [1.165, 1.54) is 0 Å².